The maximum atomic E-state index is 12.2. The molecule has 3 rings (SSSR count). The van der Waals surface area contributed by atoms with E-state index < -0.39 is 0 Å². The molecule has 4 heteroatoms. The second-order valence-electron chi connectivity index (χ2n) is 6.53. The zero-order valence-electron chi connectivity index (χ0n) is 14.7. The molecule has 0 N–H and O–H groups in total. The molecule has 0 spiro atoms. The fraction of sp³-hybridized carbons (Fsp3) is 0.333. The summed E-state index contributed by atoms with van der Waals surface area (Å²) in [4.78, 5) is 24.7. The smallest absolute Gasteiger partial charge is 0.409 e. The molecule has 4 nitrogen and oxygen atoms in total. The highest BCUT2D eigenvalue weighted by atomic mass is 16.6. The topological polar surface area (TPSA) is 46.6 Å². The van der Waals surface area contributed by atoms with Crippen molar-refractivity contribution in [1.82, 2.24) is 4.90 Å². The molecule has 0 atom stereocenters. The van der Waals surface area contributed by atoms with Crippen LogP contribution in [-0.4, -0.2) is 37.0 Å². The number of amides is 1. The van der Waals surface area contributed by atoms with Crippen LogP contribution in [0.15, 0.2) is 48.5 Å². The van der Waals surface area contributed by atoms with Crippen molar-refractivity contribution >= 4 is 11.9 Å². The van der Waals surface area contributed by atoms with Gasteiger partial charge in [0.25, 0.3) is 0 Å². The Balaban J connectivity index is 1.65. The van der Waals surface area contributed by atoms with Crippen LogP contribution in [0.4, 0.5) is 4.79 Å². The van der Waals surface area contributed by atoms with E-state index in [-0.39, 0.29) is 17.8 Å². The predicted molar refractivity (Wildman–Crippen MR) is 97.6 cm³/mol. The SMILES string of the molecule is CC(=O)CCCN(C)C(=O)OCC1c2ccccc2-c2ccccc21. The van der Waals surface area contributed by atoms with E-state index in [1.807, 2.05) is 24.3 Å². The number of carbonyl (C=O) groups excluding carboxylic acids is 2. The number of ketones is 1. The van der Waals surface area contributed by atoms with Crippen molar-refractivity contribution < 1.29 is 14.3 Å². The summed E-state index contributed by atoms with van der Waals surface area (Å²) in [5, 5.41) is 0. The Morgan fingerprint density at radius 2 is 1.56 bits per heavy atom. The summed E-state index contributed by atoms with van der Waals surface area (Å²) < 4.78 is 5.56. The number of fused-ring (bicyclic) bond motifs is 3. The summed E-state index contributed by atoms with van der Waals surface area (Å²) in [7, 11) is 1.71. The predicted octanol–water partition coefficient (Wildman–Crippen LogP) is 4.24. The minimum Gasteiger partial charge on any atom is -0.448 e. The lowest BCUT2D eigenvalue weighted by molar-refractivity contribution is -0.117. The van der Waals surface area contributed by atoms with E-state index in [1.165, 1.54) is 27.2 Å². The lowest BCUT2D eigenvalue weighted by atomic mass is 9.98. The second-order valence-corrected chi connectivity index (χ2v) is 6.53. The van der Waals surface area contributed by atoms with E-state index in [4.69, 9.17) is 4.74 Å². The number of benzene rings is 2. The fourth-order valence-electron chi connectivity index (χ4n) is 3.36. The van der Waals surface area contributed by atoms with E-state index in [0.29, 0.717) is 26.0 Å². The minimum atomic E-state index is -0.342. The number of Topliss-reactive ketones (excluding diaryl/α,β-unsaturated/α-hetero) is 1. The van der Waals surface area contributed by atoms with Crippen molar-refractivity contribution in [2.45, 2.75) is 25.7 Å². The highest BCUT2D eigenvalue weighted by molar-refractivity contribution is 5.79. The minimum absolute atomic E-state index is 0.0713. The van der Waals surface area contributed by atoms with Crippen LogP contribution in [0.3, 0.4) is 0 Å². The van der Waals surface area contributed by atoms with Gasteiger partial charge in [0.2, 0.25) is 0 Å². The second kappa shape index (κ2) is 7.51. The van der Waals surface area contributed by atoms with Crippen LogP contribution < -0.4 is 0 Å². The quantitative estimate of drug-likeness (QED) is 0.792. The standard InChI is InChI=1S/C21H23NO3/c1-15(23)8-7-13-22(2)21(24)25-14-20-18-11-5-3-9-16(18)17-10-4-6-12-19(17)20/h3-6,9-12,20H,7-8,13-14H2,1-2H3. The van der Waals surface area contributed by atoms with Crippen LogP contribution in [0.25, 0.3) is 11.1 Å². The molecule has 130 valence electrons. The first-order chi connectivity index (χ1) is 12.1. The van der Waals surface area contributed by atoms with Gasteiger partial charge in [0.15, 0.2) is 0 Å². The number of rotatable bonds is 6. The van der Waals surface area contributed by atoms with Gasteiger partial charge in [-0.1, -0.05) is 48.5 Å². The lowest BCUT2D eigenvalue weighted by Crippen LogP contribution is -2.29. The van der Waals surface area contributed by atoms with Gasteiger partial charge in [-0.05, 0) is 35.6 Å². The Morgan fingerprint density at radius 3 is 2.12 bits per heavy atom. The van der Waals surface area contributed by atoms with Gasteiger partial charge in [0.1, 0.15) is 12.4 Å². The van der Waals surface area contributed by atoms with E-state index >= 15 is 0 Å². The normalized spacial score (nSPS) is 12.4. The van der Waals surface area contributed by atoms with Crippen LogP contribution >= 0.6 is 0 Å². The number of carbonyl (C=O) groups is 2. The molecule has 0 fully saturated rings. The van der Waals surface area contributed by atoms with Gasteiger partial charge in [-0.15, -0.1) is 0 Å². The van der Waals surface area contributed by atoms with E-state index in [2.05, 4.69) is 24.3 Å². The fourth-order valence-corrected chi connectivity index (χ4v) is 3.36. The third-order valence-corrected chi connectivity index (χ3v) is 4.67. The number of hydrogen-bond donors (Lipinski definition) is 0. The van der Waals surface area contributed by atoms with Crippen molar-refractivity contribution in [3.63, 3.8) is 0 Å². The number of nitrogens with zero attached hydrogens (tertiary/aromatic N) is 1. The van der Waals surface area contributed by atoms with Gasteiger partial charge in [0, 0.05) is 25.9 Å². The molecule has 0 heterocycles. The molecular weight excluding hydrogens is 314 g/mol. The van der Waals surface area contributed by atoms with Crippen molar-refractivity contribution in [2.75, 3.05) is 20.2 Å². The molecule has 2 aromatic carbocycles. The summed E-state index contributed by atoms with van der Waals surface area (Å²) in [5.74, 6) is 0.211. The molecule has 1 amide bonds. The van der Waals surface area contributed by atoms with Gasteiger partial charge in [-0.3, -0.25) is 0 Å². The molecule has 1 aliphatic rings. The van der Waals surface area contributed by atoms with E-state index in [9.17, 15) is 9.59 Å². The van der Waals surface area contributed by atoms with Gasteiger partial charge >= 0.3 is 6.09 Å². The van der Waals surface area contributed by atoms with Crippen LogP contribution in [0.2, 0.25) is 0 Å². The van der Waals surface area contributed by atoms with Gasteiger partial charge in [-0.25, -0.2) is 4.79 Å². The zero-order valence-corrected chi connectivity index (χ0v) is 14.7. The average molecular weight is 337 g/mol. The first kappa shape index (κ1) is 17.2. The van der Waals surface area contributed by atoms with E-state index in [0.717, 1.165) is 0 Å². The highest BCUT2D eigenvalue weighted by Gasteiger charge is 2.29. The summed E-state index contributed by atoms with van der Waals surface area (Å²) in [6, 6.07) is 16.5. The number of hydrogen-bond acceptors (Lipinski definition) is 3. The highest BCUT2D eigenvalue weighted by Crippen LogP contribution is 2.44. The molecule has 0 aromatic heterocycles. The molecule has 1 aliphatic carbocycles. The van der Waals surface area contributed by atoms with Gasteiger partial charge in [-0.2, -0.15) is 0 Å². The first-order valence-electron chi connectivity index (χ1n) is 8.63. The van der Waals surface area contributed by atoms with Crippen molar-refractivity contribution in [2.24, 2.45) is 0 Å². The Hall–Kier alpha value is -2.62. The summed E-state index contributed by atoms with van der Waals surface area (Å²) in [5.41, 5.74) is 4.84. The molecule has 0 saturated carbocycles. The maximum absolute atomic E-state index is 12.2. The Bertz CT molecular complexity index is 739. The third kappa shape index (κ3) is 3.73. The van der Waals surface area contributed by atoms with Crippen LogP contribution in [-0.2, 0) is 9.53 Å². The van der Waals surface area contributed by atoms with Gasteiger partial charge < -0.3 is 14.4 Å². The average Bonchev–Trinajstić information content (AvgIpc) is 2.93. The molecule has 0 radical (unpaired) electrons. The summed E-state index contributed by atoms with van der Waals surface area (Å²) in [6.45, 7) is 2.41. The zero-order chi connectivity index (χ0) is 17.8. The summed E-state index contributed by atoms with van der Waals surface area (Å²) in [6.07, 6.45) is 0.808. The van der Waals surface area contributed by atoms with Crippen molar-refractivity contribution in [3.05, 3.63) is 59.7 Å². The number of ether oxygens (including phenoxy) is 1. The largest absolute Gasteiger partial charge is 0.448 e. The first-order valence-corrected chi connectivity index (χ1v) is 8.63. The lowest BCUT2D eigenvalue weighted by Gasteiger charge is -2.19. The Morgan fingerprint density at radius 1 is 1.00 bits per heavy atom. The van der Waals surface area contributed by atoms with Crippen LogP contribution in [0, 0.1) is 0 Å². The maximum Gasteiger partial charge on any atom is 0.409 e. The monoisotopic (exact) mass is 337 g/mol. The molecule has 0 bridgehead atoms. The molecule has 25 heavy (non-hydrogen) atoms. The molecule has 0 saturated heterocycles. The van der Waals surface area contributed by atoms with Crippen molar-refractivity contribution in [1.29, 1.82) is 0 Å². The van der Waals surface area contributed by atoms with Gasteiger partial charge in [0.05, 0.1) is 0 Å². The van der Waals surface area contributed by atoms with E-state index in [1.54, 1.807) is 14.0 Å². The molecule has 0 aliphatic heterocycles. The molecule has 0 unspecified atom stereocenters. The van der Waals surface area contributed by atoms with Crippen molar-refractivity contribution in [3.8, 4) is 11.1 Å². The Kier molecular flexibility index (Phi) is 5.17. The summed E-state index contributed by atoms with van der Waals surface area (Å²) >= 11 is 0. The van der Waals surface area contributed by atoms with Crippen LogP contribution in [0.5, 0.6) is 0 Å². The molecular formula is C21H23NO3. The third-order valence-electron chi connectivity index (χ3n) is 4.67. The molecule has 2 aromatic rings. The Labute approximate surface area is 148 Å². The van der Waals surface area contributed by atoms with Crippen LogP contribution in [0.1, 0.15) is 36.8 Å².